The minimum atomic E-state index is 0.371. The average molecular weight is 197 g/mol. The maximum Gasteiger partial charge on any atom is 0.0700 e. The van der Waals surface area contributed by atoms with Crippen molar-refractivity contribution < 1.29 is 9.47 Å². The van der Waals surface area contributed by atoms with Gasteiger partial charge in [-0.2, -0.15) is 0 Å². The Morgan fingerprint density at radius 3 is 3.07 bits per heavy atom. The lowest BCUT2D eigenvalue weighted by molar-refractivity contribution is 0.113. The van der Waals surface area contributed by atoms with E-state index < -0.39 is 0 Å². The Balaban J connectivity index is 1.73. The van der Waals surface area contributed by atoms with Gasteiger partial charge in [-0.1, -0.05) is 11.6 Å². The molecule has 2 aliphatic heterocycles. The van der Waals surface area contributed by atoms with Gasteiger partial charge >= 0.3 is 0 Å². The molecule has 2 unspecified atom stereocenters. The molecule has 1 N–H and O–H groups in total. The van der Waals surface area contributed by atoms with Gasteiger partial charge in [-0.05, 0) is 19.8 Å². The zero-order valence-electron chi connectivity index (χ0n) is 8.79. The fraction of sp³-hybridized carbons (Fsp3) is 0.818. The van der Waals surface area contributed by atoms with E-state index in [0.29, 0.717) is 12.1 Å². The molecule has 0 aromatic rings. The van der Waals surface area contributed by atoms with Crippen LogP contribution in [0.4, 0.5) is 0 Å². The van der Waals surface area contributed by atoms with Crippen molar-refractivity contribution in [1.29, 1.82) is 0 Å². The molecule has 1 fully saturated rings. The molecule has 2 rings (SSSR count). The first-order valence-electron chi connectivity index (χ1n) is 5.47. The lowest BCUT2D eigenvalue weighted by Gasteiger charge is -2.19. The summed E-state index contributed by atoms with van der Waals surface area (Å²) in [4.78, 5) is 0. The van der Waals surface area contributed by atoms with E-state index in [9.17, 15) is 0 Å². The summed E-state index contributed by atoms with van der Waals surface area (Å²) in [6.45, 7) is 5.71. The predicted molar refractivity (Wildman–Crippen MR) is 55.3 cm³/mol. The topological polar surface area (TPSA) is 30.5 Å². The Morgan fingerprint density at radius 2 is 2.43 bits per heavy atom. The summed E-state index contributed by atoms with van der Waals surface area (Å²) in [6, 6.07) is 0.541. The van der Waals surface area contributed by atoms with E-state index in [4.69, 9.17) is 9.47 Å². The normalized spacial score (nSPS) is 33.1. The van der Waals surface area contributed by atoms with Gasteiger partial charge in [-0.3, -0.25) is 0 Å². The highest BCUT2D eigenvalue weighted by molar-refractivity contribution is 5.07. The predicted octanol–water partition coefficient (Wildman–Crippen LogP) is 1.10. The Kier molecular flexibility index (Phi) is 3.56. The van der Waals surface area contributed by atoms with Crippen LogP contribution in [-0.4, -0.2) is 38.5 Å². The van der Waals surface area contributed by atoms with Crippen LogP contribution in [0.25, 0.3) is 0 Å². The second-order valence-corrected chi connectivity index (χ2v) is 4.04. The first kappa shape index (κ1) is 10.1. The van der Waals surface area contributed by atoms with E-state index in [1.54, 1.807) is 0 Å². The number of hydrogen-bond donors (Lipinski definition) is 1. The van der Waals surface area contributed by atoms with Gasteiger partial charge in [0, 0.05) is 19.2 Å². The standard InChI is InChI=1S/C11H19NO2/c1-9-11(4-7-14-9)12-8-10-2-5-13-6-3-10/h2,9,11-12H,3-8H2,1H3. The highest BCUT2D eigenvalue weighted by Gasteiger charge is 2.23. The van der Waals surface area contributed by atoms with E-state index in [1.165, 1.54) is 5.57 Å². The molecule has 2 atom stereocenters. The van der Waals surface area contributed by atoms with Crippen molar-refractivity contribution in [3.05, 3.63) is 11.6 Å². The quantitative estimate of drug-likeness (QED) is 0.687. The van der Waals surface area contributed by atoms with Crippen LogP contribution in [0.2, 0.25) is 0 Å². The van der Waals surface area contributed by atoms with E-state index in [-0.39, 0.29) is 0 Å². The fourth-order valence-corrected chi connectivity index (χ4v) is 1.99. The minimum absolute atomic E-state index is 0.371. The van der Waals surface area contributed by atoms with Crippen LogP contribution in [0.5, 0.6) is 0 Å². The summed E-state index contributed by atoms with van der Waals surface area (Å²) >= 11 is 0. The zero-order valence-corrected chi connectivity index (χ0v) is 8.79. The van der Waals surface area contributed by atoms with E-state index >= 15 is 0 Å². The molecular formula is C11H19NO2. The summed E-state index contributed by atoms with van der Waals surface area (Å²) in [5.41, 5.74) is 1.48. The van der Waals surface area contributed by atoms with Crippen LogP contribution in [0.1, 0.15) is 19.8 Å². The largest absolute Gasteiger partial charge is 0.377 e. The van der Waals surface area contributed by atoms with E-state index in [1.807, 2.05) is 0 Å². The Morgan fingerprint density at radius 1 is 1.50 bits per heavy atom. The van der Waals surface area contributed by atoms with Gasteiger partial charge in [0.05, 0.1) is 19.3 Å². The molecule has 0 aromatic heterocycles. The van der Waals surface area contributed by atoms with Gasteiger partial charge in [0.15, 0.2) is 0 Å². The lowest BCUT2D eigenvalue weighted by Crippen LogP contribution is -2.36. The summed E-state index contributed by atoms with van der Waals surface area (Å²) in [6.07, 6.45) is 4.78. The van der Waals surface area contributed by atoms with Gasteiger partial charge < -0.3 is 14.8 Å². The van der Waals surface area contributed by atoms with Crippen molar-refractivity contribution in [2.45, 2.75) is 31.9 Å². The molecule has 1 saturated heterocycles. The number of rotatable bonds is 3. The summed E-state index contributed by atoms with van der Waals surface area (Å²) in [5.74, 6) is 0. The molecule has 3 nitrogen and oxygen atoms in total. The fourth-order valence-electron chi connectivity index (χ4n) is 1.99. The molecule has 0 bridgehead atoms. The Labute approximate surface area is 85.5 Å². The van der Waals surface area contributed by atoms with Crippen molar-refractivity contribution in [1.82, 2.24) is 5.32 Å². The maximum absolute atomic E-state index is 5.50. The summed E-state index contributed by atoms with van der Waals surface area (Å²) in [7, 11) is 0. The minimum Gasteiger partial charge on any atom is -0.377 e. The third kappa shape index (κ3) is 2.56. The van der Waals surface area contributed by atoms with Crippen LogP contribution in [0, 0.1) is 0 Å². The van der Waals surface area contributed by atoms with Crippen LogP contribution < -0.4 is 5.32 Å². The molecule has 2 aliphatic rings. The summed E-state index contributed by atoms with van der Waals surface area (Å²) in [5, 5.41) is 3.55. The van der Waals surface area contributed by atoms with Crippen LogP contribution in [0.3, 0.4) is 0 Å². The zero-order chi connectivity index (χ0) is 9.80. The Bertz CT molecular complexity index is 215. The van der Waals surface area contributed by atoms with Crippen molar-refractivity contribution >= 4 is 0 Å². The number of nitrogens with one attached hydrogen (secondary N) is 1. The SMILES string of the molecule is CC1OCCC1NCC1=CCOCC1. The van der Waals surface area contributed by atoms with Gasteiger partial charge in [-0.25, -0.2) is 0 Å². The second kappa shape index (κ2) is 4.91. The molecule has 0 spiro atoms. The Hall–Kier alpha value is -0.380. The van der Waals surface area contributed by atoms with Crippen LogP contribution in [-0.2, 0) is 9.47 Å². The van der Waals surface area contributed by atoms with Gasteiger partial charge in [0.1, 0.15) is 0 Å². The molecule has 3 heteroatoms. The third-order valence-corrected chi connectivity index (χ3v) is 3.02. The first-order valence-corrected chi connectivity index (χ1v) is 5.47. The molecule has 0 amide bonds. The molecular weight excluding hydrogens is 178 g/mol. The van der Waals surface area contributed by atoms with Crippen molar-refractivity contribution in [2.75, 3.05) is 26.4 Å². The van der Waals surface area contributed by atoms with E-state index in [2.05, 4.69) is 18.3 Å². The van der Waals surface area contributed by atoms with Crippen LogP contribution >= 0.6 is 0 Å². The average Bonchev–Trinajstić information content (AvgIpc) is 2.63. The smallest absolute Gasteiger partial charge is 0.0700 e. The van der Waals surface area contributed by atoms with Gasteiger partial charge in [0.25, 0.3) is 0 Å². The maximum atomic E-state index is 5.50. The monoisotopic (exact) mass is 197 g/mol. The molecule has 80 valence electrons. The van der Waals surface area contributed by atoms with E-state index in [0.717, 1.165) is 39.2 Å². The molecule has 0 radical (unpaired) electrons. The highest BCUT2D eigenvalue weighted by Crippen LogP contribution is 2.14. The second-order valence-electron chi connectivity index (χ2n) is 4.04. The molecule has 2 heterocycles. The third-order valence-electron chi connectivity index (χ3n) is 3.02. The molecule has 0 saturated carbocycles. The summed E-state index contributed by atoms with van der Waals surface area (Å²) < 4.78 is 10.8. The lowest BCUT2D eigenvalue weighted by atomic mass is 10.1. The molecule has 14 heavy (non-hydrogen) atoms. The first-order chi connectivity index (χ1) is 6.86. The molecule has 0 aromatic carbocycles. The van der Waals surface area contributed by atoms with Gasteiger partial charge in [0.2, 0.25) is 0 Å². The number of ether oxygens (including phenoxy) is 2. The number of hydrogen-bond acceptors (Lipinski definition) is 3. The van der Waals surface area contributed by atoms with Crippen molar-refractivity contribution in [3.63, 3.8) is 0 Å². The van der Waals surface area contributed by atoms with Gasteiger partial charge in [-0.15, -0.1) is 0 Å². The highest BCUT2D eigenvalue weighted by atomic mass is 16.5. The van der Waals surface area contributed by atoms with Crippen molar-refractivity contribution in [3.8, 4) is 0 Å². The van der Waals surface area contributed by atoms with Crippen molar-refractivity contribution in [2.24, 2.45) is 0 Å². The van der Waals surface area contributed by atoms with Crippen LogP contribution in [0.15, 0.2) is 11.6 Å². The molecule has 0 aliphatic carbocycles.